The van der Waals surface area contributed by atoms with Gasteiger partial charge < -0.3 is 0 Å². The molecule has 0 spiro atoms. The predicted molar refractivity (Wildman–Crippen MR) is 53.5 cm³/mol. The summed E-state index contributed by atoms with van der Waals surface area (Å²) < 4.78 is 71.8. The number of hydrogen-bond acceptors (Lipinski definition) is 3. The smallest absolute Gasteiger partial charge is 0.196 e. The molecule has 3 nitrogen and oxygen atoms in total. The molecule has 0 amide bonds. The summed E-state index contributed by atoms with van der Waals surface area (Å²) in [4.78, 5) is 0. The van der Waals surface area contributed by atoms with Crippen LogP contribution in [0.5, 0.6) is 0 Å². The third-order valence-electron chi connectivity index (χ3n) is 1.72. The molecule has 1 aromatic rings. The van der Waals surface area contributed by atoms with Crippen LogP contribution in [0, 0.1) is 0 Å². The Morgan fingerprint density at radius 2 is 1.59 bits per heavy atom. The van der Waals surface area contributed by atoms with Gasteiger partial charge in [-0.3, -0.25) is 0 Å². The van der Waals surface area contributed by atoms with Gasteiger partial charge in [-0.25, -0.2) is 0 Å². The topological polar surface area (TPSA) is 43.4 Å². The fourth-order valence-corrected chi connectivity index (χ4v) is 1.66. The number of alkyl halides is 3. The third-order valence-corrected chi connectivity index (χ3v) is 2.60. The van der Waals surface area contributed by atoms with Crippen LogP contribution in [0.2, 0.25) is 0 Å². The molecule has 0 unspecified atom stereocenters. The first-order chi connectivity index (χ1) is 7.24. The lowest BCUT2D eigenvalue weighted by Crippen LogP contribution is -2.06. The lowest BCUT2D eigenvalue weighted by atomic mass is 10.1. The van der Waals surface area contributed by atoms with Gasteiger partial charge in [0.25, 0.3) is 0 Å². The standard InChI is InChI=1S/C8H6F4O3S.ClH/c9-8(10,11)7-3-1-6(2-4-7)5-16(13,14)15-12;/h1-4H,5H2;1H. The Morgan fingerprint density at radius 1 is 1.12 bits per heavy atom. The zero-order valence-electron chi connectivity index (χ0n) is 8.07. The molecule has 1 rings (SSSR count). The second-order valence-corrected chi connectivity index (χ2v) is 4.49. The van der Waals surface area contributed by atoms with Crippen LogP contribution >= 0.6 is 12.4 Å². The summed E-state index contributed by atoms with van der Waals surface area (Å²) in [6.07, 6.45) is -4.49. The number of halogens is 5. The van der Waals surface area contributed by atoms with Gasteiger partial charge in [-0.1, -0.05) is 16.5 Å². The van der Waals surface area contributed by atoms with Crippen LogP contribution < -0.4 is 0 Å². The maximum Gasteiger partial charge on any atom is 0.416 e. The van der Waals surface area contributed by atoms with Gasteiger partial charge in [-0.2, -0.15) is 21.6 Å². The highest BCUT2D eigenvalue weighted by molar-refractivity contribution is 7.85. The highest BCUT2D eigenvalue weighted by Gasteiger charge is 2.30. The van der Waals surface area contributed by atoms with Crippen molar-refractivity contribution in [1.82, 2.24) is 0 Å². The van der Waals surface area contributed by atoms with E-state index in [1.165, 1.54) is 0 Å². The fraction of sp³-hybridized carbons (Fsp3) is 0.250. The molecule has 0 aliphatic carbocycles. The van der Waals surface area contributed by atoms with Crippen molar-refractivity contribution in [2.24, 2.45) is 0 Å². The van der Waals surface area contributed by atoms with Gasteiger partial charge >= 0.3 is 16.3 Å². The lowest BCUT2D eigenvalue weighted by Gasteiger charge is -2.06. The van der Waals surface area contributed by atoms with Crippen LogP contribution in [0.25, 0.3) is 0 Å². The van der Waals surface area contributed by atoms with Gasteiger partial charge in [0.05, 0.1) is 5.56 Å². The summed E-state index contributed by atoms with van der Waals surface area (Å²) in [6, 6.07) is 3.31. The van der Waals surface area contributed by atoms with Crippen molar-refractivity contribution in [1.29, 1.82) is 0 Å². The molecular weight excluding hydrogens is 288 g/mol. The summed E-state index contributed by atoms with van der Waals surface area (Å²) >= 11 is 0. The van der Waals surface area contributed by atoms with E-state index in [1.807, 2.05) is 0 Å². The van der Waals surface area contributed by atoms with Crippen molar-refractivity contribution in [3.63, 3.8) is 0 Å². The zero-order chi connectivity index (χ0) is 12.4. The summed E-state index contributed by atoms with van der Waals surface area (Å²) in [7, 11) is -4.37. The Labute approximate surface area is 101 Å². The summed E-state index contributed by atoms with van der Waals surface area (Å²) in [6.45, 7) is 0. The number of benzene rings is 1. The Balaban J connectivity index is 0.00000256. The van der Waals surface area contributed by atoms with Crippen LogP contribution in [-0.4, -0.2) is 8.42 Å². The van der Waals surface area contributed by atoms with Crippen LogP contribution in [0.15, 0.2) is 24.3 Å². The number of hydrogen-bond donors (Lipinski definition) is 0. The molecule has 0 heterocycles. The average molecular weight is 295 g/mol. The van der Waals surface area contributed by atoms with Gasteiger partial charge in [0, 0.05) is 0 Å². The van der Waals surface area contributed by atoms with Gasteiger partial charge in [-0.05, 0) is 22.2 Å². The molecule has 0 N–H and O–H groups in total. The number of rotatable bonds is 3. The molecule has 0 aliphatic rings. The van der Waals surface area contributed by atoms with E-state index in [9.17, 15) is 26.1 Å². The van der Waals surface area contributed by atoms with E-state index in [2.05, 4.69) is 4.39 Å². The van der Waals surface area contributed by atoms with Gasteiger partial charge in [0.2, 0.25) is 0 Å². The lowest BCUT2D eigenvalue weighted by molar-refractivity contribution is -0.137. The highest BCUT2D eigenvalue weighted by atomic mass is 35.5. The monoisotopic (exact) mass is 294 g/mol. The maximum atomic E-state index is 12.1. The molecule has 1 aromatic carbocycles. The quantitative estimate of drug-likeness (QED) is 0.805. The molecule has 98 valence electrons. The Hall–Kier alpha value is -0.860. The molecule has 0 saturated carbocycles. The van der Waals surface area contributed by atoms with Crippen molar-refractivity contribution in [2.45, 2.75) is 11.9 Å². The van der Waals surface area contributed by atoms with E-state index in [4.69, 9.17) is 0 Å². The van der Waals surface area contributed by atoms with Crippen LogP contribution in [0.3, 0.4) is 0 Å². The Bertz CT molecular complexity index is 455. The molecule has 0 saturated heterocycles. The molecule has 0 aliphatic heterocycles. The van der Waals surface area contributed by atoms with Crippen molar-refractivity contribution < 1.29 is 30.5 Å². The van der Waals surface area contributed by atoms with Gasteiger partial charge in [0.15, 0.2) is 0 Å². The van der Waals surface area contributed by atoms with Crippen molar-refractivity contribution >= 4 is 22.5 Å². The third kappa shape index (κ3) is 4.88. The molecule has 0 radical (unpaired) electrons. The molecule has 17 heavy (non-hydrogen) atoms. The predicted octanol–water partition coefficient (Wildman–Crippen LogP) is 2.86. The van der Waals surface area contributed by atoms with E-state index in [1.54, 1.807) is 0 Å². The summed E-state index contributed by atoms with van der Waals surface area (Å²) in [5.74, 6) is -0.818. The molecule has 9 heteroatoms. The fourth-order valence-electron chi connectivity index (χ4n) is 1.02. The first-order valence-electron chi connectivity index (χ1n) is 3.93. The van der Waals surface area contributed by atoms with Gasteiger partial charge in [-0.15, -0.1) is 12.4 Å². The normalized spacial score (nSPS) is 12.0. The molecule has 0 bridgehead atoms. The largest absolute Gasteiger partial charge is 0.416 e. The zero-order valence-corrected chi connectivity index (χ0v) is 9.70. The molecule has 0 aromatic heterocycles. The maximum absolute atomic E-state index is 12.1. The highest BCUT2D eigenvalue weighted by Crippen LogP contribution is 2.29. The van der Waals surface area contributed by atoms with E-state index in [0.29, 0.717) is 12.1 Å². The van der Waals surface area contributed by atoms with Gasteiger partial charge in [0.1, 0.15) is 5.75 Å². The minimum Gasteiger partial charge on any atom is -0.196 e. The molecule has 0 atom stereocenters. The first kappa shape index (κ1) is 16.1. The van der Waals surface area contributed by atoms with E-state index in [0.717, 1.165) is 12.1 Å². The second-order valence-electron chi connectivity index (χ2n) is 2.96. The van der Waals surface area contributed by atoms with Crippen molar-refractivity contribution in [2.75, 3.05) is 0 Å². The minimum atomic E-state index is -4.49. The van der Waals surface area contributed by atoms with E-state index in [-0.39, 0.29) is 18.0 Å². The van der Waals surface area contributed by atoms with Crippen LogP contribution in [0.1, 0.15) is 11.1 Å². The second kappa shape index (κ2) is 5.65. The van der Waals surface area contributed by atoms with E-state index >= 15 is 0 Å². The minimum absolute atomic E-state index is 0. The summed E-state index contributed by atoms with van der Waals surface area (Å²) in [5, 5.41) is 0. The van der Waals surface area contributed by atoms with Crippen LogP contribution in [-0.2, 0) is 26.4 Å². The SMILES string of the molecule is Cl.O=S(=O)(Cc1ccc(C(F)(F)F)cc1)OF. The van der Waals surface area contributed by atoms with Crippen molar-refractivity contribution in [3.8, 4) is 0 Å². The Morgan fingerprint density at radius 3 is 1.94 bits per heavy atom. The molecule has 0 fully saturated rings. The van der Waals surface area contributed by atoms with Crippen LogP contribution in [0.4, 0.5) is 17.7 Å². The molecular formula is C8H7ClF4O3S. The first-order valence-corrected chi connectivity index (χ1v) is 5.51. The van der Waals surface area contributed by atoms with E-state index < -0.39 is 27.6 Å². The Kier molecular flexibility index (Phi) is 5.37. The average Bonchev–Trinajstić information content (AvgIpc) is 2.16. The van der Waals surface area contributed by atoms with Crippen molar-refractivity contribution in [3.05, 3.63) is 35.4 Å². The summed E-state index contributed by atoms with van der Waals surface area (Å²) in [5.41, 5.74) is -0.902.